The number of hydrogen-bond donors (Lipinski definition) is 0. The molecule has 0 spiro atoms. The Kier molecular flexibility index (Phi) is 4.19. The molecule has 0 atom stereocenters. The first-order valence-corrected chi connectivity index (χ1v) is 6.77. The molecule has 4 heteroatoms. The summed E-state index contributed by atoms with van der Waals surface area (Å²) in [4.78, 5) is 12.6. The summed E-state index contributed by atoms with van der Waals surface area (Å²) < 4.78 is 10.5. The third-order valence-corrected chi connectivity index (χ3v) is 4.22. The molecule has 0 bridgehead atoms. The van der Waals surface area contributed by atoms with E-state index in [2.05, 4.69) is 0 Å². The van der Waals surface area contributed by atoms with Crippen molar-refractivity contribution >= 4 is 18.8 Å². The van der Waals surface area contributed by atoms with Gasteiger partial charge < -0.3 is 9.47 Å². The van der Waals surface area contributed by atoms with Crippen molar-refractivity contribution in [2.24, 2.45) is 0 Å². The molecule has 0 fully saturated rings. The molecule has 93 valence electrons. The first-order valence-electron chi connectivity index (χ1n) is 5.51. The summed E-state index contributed by atoms with van der Waals surface area (Å²) in [6.07, 6.45) is 0. The van der Waals surface area contributed by atoms with E-state index in [1.807, 2.05) is 36.4 Å². The Morgan fingerprint density at radius 2 is 1.17 bits per heavy atom. The summed E-state index contributed by atoms with van der Waals surface area (Å²) in [5.41, 5.74) is 0. The second kappa shape index (κ2) is 5.85. The van der Waals surface area contributed by atoms with Gasteiger partial charge in [0.05, 0.1) is 24.8 Å². The minimum Gasteiger partial charge on any atom is -0.496 e. The molecule has 0 unspecified atom stereocenters. The number of benzene rings is 2. The number of hydrogen-bond acceptors (Lipinski definition) is 2. The van der Waals surface area contributed by atoms with Crippen LogP contribution in [0.25, 0.3) is 0 Å². The molecule has 0 aliphatic rings. The monoisotopic (exact) mass is 261 g/mol. The van der Waals surface area contributed by atoms with Crippen molar-refractivity contribution in [2.75, 3.05) is 14.2 Å². The third kappa shape index (κ3) is 2.47. The lowest BCUT2D eigenvalue weighted by atomic mass is 10.3. The fourth-order valence-electron chi connectivity index (χ4n) is 1.72. The fourth-order valence-corrected chi connectivity index (χ4v) is 3.16. The molecule has 1 radical (unpaired) electrons. The zero-order chi connectivity index (χ0) is 13.0. The normalized spacial score (nSPS) is 10.4. The lowest BCUT2D eigenvalue weighted by Crippen LogP contribution is -2.14. The Hall–Kier alpha value is -1.57. The van der Waals surface area contributed by atoms with Gasteiger partial charge in [-0.3, -0.25) is 0 Å². The van der Waals surface area contributed by atoms with Crippen molar-refractivity contribution in [3.8, 4) is 11.5 Å². The average molecular weight is 261 g/mol. The van der Waals surface area contributed by atoms with E-state index in [0.29, 0.717) is 22.1 Å². The van der Waals surface area contributed by atoms with Gasteiger partial charge >= 0.3 is 0 Å². The molecule has 0 aliphatic heterocycles. The molecule has 2 aromatic rings. The van der Waals surface area contributed by atoms with Gasteiger partial charge in [-0.15, -0.1) is 0 Å². The van der Waals surface area contributed by atoms with Crippen molar-refractivity contribution in [1.82, 2.24) is 0 Å². The number of ether oxygens (including phenoxy) is 2. The van der Waals surface area contributed by atoms with E-state index in [9.17, 15) is 4.89 Å². The minimum absolute atomic E-state index is 0.629. The fraction of sp³-hybridized carbons (Fsp3) is 0.143. The van der Waals surface area contributed by atoms with Crippen LogP contribution in [0.4, 0.5) is 0 Å². The summed E-state index contributed by atoms with van der Waals surface area (Å²) in [6, 6.07) is 14.6. The van der Waals surface area contributed by atoms with Gasteiger partial charge in [-0.2, -0.15) is 0 Å². The van der Waals surface area contributed by atoms with Crippen LogP contribution >= 0.6 is 8.15 Å². The van der Waals surface area contributed by atoms with Gasteiger partial charge in [0.1, 0.15) is 19.6 Å². The highest BCUT2D eigenvalue weighted by atomic mass is 31.1. The minimum atomic E-state index is -1.72. The van der Waals surface area contributed by atoms with Crippen molar-refractivity contribution in [3.05, 3.63) is 48.5 Å². The van der Waals surface area contributed by atoms with Gasteiger partial charge in [0, 0.05) is 0 Å². The van der Waals surface area contributed by atoms with Gasteiger partial charge in [-0.05, 0) is 24.3 Å². The van der Waals surface area contributed by atoms with Crippen LogP contribution in [0.2, 0.25) is 0 Å². The maximum absolute atomic E-state index is 12.6. The van der Waals surface area contributed by atoms with Crippen molar-refractivity contribution < 1.29 is 14.4 Å². The van der Waals surface area contributed by atoms with Crippen LogP contribution in [0.3, 0.4) is 0 Å². The second-order valence-corrected chi connectivity index (χ2v) is 5.19. The maximum Gasteiger partial charge on any atom is 0.141 e. The highest BCUT2D eigenvalue weighted by Crippen LogP contribution is 2.36. The smallest absolute Gasteiger partial charge is 0.141 e. The van der Waals surface area contributed by atoms with E-state index in [-0.39, 0.29) is 0 Å². The molecule has 18 heavy (non-hydrogen) atoms. The molecule has 0 N–H and O–H groups in total. The molecule has 0 amide bonds. The summed E-state index contributed by atoms with van der Waals surface area (Å²) in [5.74, 6) is 1.26. The molecule has 2 rings (SSSR count). The van der Waals surface area contributed by atoms with Crippen LogP contribution in [0.5, 0.6) is 11.5 Å². The lowest BCUT2D eigenvalue weighted by Gasteiger charge is -2.15. The number of para-hydroxylation sites is 2. The first-order chi connectivity index (χ1) is 8.77. The molecule has 0 saturated heterocycles. The molecular formula is C14H14O3P. The Balaban J connectivity index is 2.44. The summed E-state index contributed by atoms with van der Waals surface area (Å²) in [5, 5.41) is 1.36. The number of methoxy groups -OCH3 is 2. The van der Waals surface area contributed by atoms with Gasteiger partial charge in [0.25, 0.3) is 0 Å². The summed E-state index contributed by atoms with van der Waals surface area (Å²) >= 11 is 0. The van der Waals surface area contributed by atoms with Gasteiger partial charge in [0.15, 0.2) is 0 Å². The highest BCUT2D eigenvalue weighted by Gasteiger charge is 2.20. The molecule has 0 aliphatic carbocycles. The van der Waals surface area contributed by atoms with E-state index < -0.39 is 8.15 Å². The molecule has 2 aromatic carbocycles. The Morgan fingerprint density at radius 3 is 1.56 bits per heavy atom. The molecule has 3 nitrogen and oxygen atoms in total. The second-order valence-electron chi connectivity index (χ2n) is 3.64. The van der Waals surface area contributed by atoms with E-state index in [4.69, 9.17) is 9.47 Å². The van der Waals surface area contributed by atoms with Gasteiger partial charge in [-0.25, -0.2) is 4.89 Å². The van der Waals surface area contributed by atoms with Crippen LogP contribution < -0.4 is 20.1 Å². The van der Waals surface area contributed by atoms with Crippen molar-refractivity contribution in [1.29, 1.82) is 0 Å². The molecular weight excluding hydrogens is 247 g/mol. The Bertz CT molecular complexity index is 480. The maximum atomic E-state index is 12.6. The first kappa shape index (κ1) is 12.9. The van der Waals surface area contributed by atoms with E-state index in [1.54, 1.807) is 26.4 Å². The zero-order valence-electron chi connectivity index (χ0n) is 10.3. The number of rotatable bonds is 4. The summed E-state index contributed by atoms with van der Waals surface area (Å²) in [6.45, 7) is 0. The van der Waals surface area contributed by atoms with Crippen LogP contribution in [0.15, 0.2) is 48.5 Å². The standard InChI is InChI=1S/C14H14O3P/c1-16-11-7-3-5-9-13(11)18(15)14-10-6-4-8-12(14)17-2/h3-10H,1-2H3. The van der Waals surface area contributed by atoms with Gasteiger partial charge in [0.2, 0.25) is 0 Å². The third-order valence-electron chi connectivity index (χ3n) is 2.61. The van der Waals surface area contributed by atoms with Gasteiger partial charge in [-0.1, -0.05) is 24.3 Å². The molecule has 0 heterocycles. The topological polar surface area (TPSA) is 38.4 Å². The van der Waals surface area contributed by atoms with E-state index in [1.165, 1.54) is 0 Å². The Labute approximate surface area is 108 Å². The van der Waals surface area contributed by atoms with E-state index >= 15 is 0 Å². The zero-order valence-corrected chi connectivity index (χ0v) is 11.2. The quantitative estimate of drug-likeness (QED) is 0.793. The van der Waals surface area contributed by atoms with Crippen molar-refractivity contribution in [3.63, 3.8) is 0 Å². The predicted molar refractivity (Wildman–Crippen MR) is 72.9 cm³/mol. The lowest BCUT2D eigenvalue weighted by molar-refractivity contribution is 0.415. The van der Waals surface area contributed by atoms with E-state index in [0.717, 1.165) is 0 Å². The molecule has 0 aromatic heterocycles. The highest BCUT2D eigenvalue weighted by molar-refractivity contribution is 7.67. The SMILES string of the molecule is COc1ccccc1P([O])c1ccccc1OC. The van der Waals surface area contributed by atoms with Crippen LogP contribution in [0.1, 0.15) is 0 Å². The van der Waals surface area contributed by atoms with Crippen LogP contribution in [0, 0.1) is 0 Å². The average Bonchev–Trinajstić information content (AvgIpc) is 2.46. The summed E-state index contributed by atoms with van der Waals surface area (Å²) in [7, 11) is 1.42. The predicted octanol–water partition coefficient (Wildman–Crippen LogP) is 2.48. The largest absolute Gasteiger partial charge is 0.496 e. The van der Waals surface area contributed by atoms with Crippen LogP contribution in [-0.2, 0) is 4.89 Å². The van der Waals surface area contributed by atoms with Crippen molar-refractivity contribution in [2.45, 2.75) is 0 Å². The molecule has 0 saturated carbocycles. The Morgan fingerprint density at radius 1 is 0.778 bits per heavy atom. The van der Waals surface area contributed by atoms with Crippen LogP contribution in [-0.4, -0.2) is 14.2 Å².